The molecular weight excluding hydrogens is 252 g/mol. The Bertz CT molecular complexity index is 678. The van der Waals surface area contributed by atoms with Crippen LogP contribution < -0.4 is 5.73 Å². The van der Waals surface area contributed by atoms with E-state index in [1.165, 1.54) is 0 Å². The summed E-state index contributed by atoms with van der Waals surface area (Å²) in [5.74, 6) is 0.732. The summed E-state index contributed by atoms with van der Waals surface area (Å²) in [6, 6.07) is 0. The monoisotopic (exact) mass is 266 g/mol. The van der Waals surface area contributed by atoms with E-state index < -0.39 is 9.84 Å². The van der Waals surface area contributed by atoms with Gasteiger partial charge in [-0.05, 0) is 18.8 Å². The molecule has 2 aromatic heterocycles. The van der Waals surface area contributed by atoms with Crippen LogP contribution in [-0.4, -0.2) is 34.5 Å². The summed E-state index contributed by atoms with van der Waals surface area (Å²) >= 11 is 0. The van der Waals surface area contributed by atoms with Gasteiger partial charge in [-0.15, -0.1) is 0 Å². The number of sulfone groups is 1. The van der Waals surface area contributed by atoms with Crippen LogP contribution in [0.5, 0.6) is 0 Å². The summed E-state index contributed by atoms with van der Waals surface area (Å²) in [5.41, 5.74) is 7.99. The zero-order valence-electron chi connectivity index (χ0n) is 9.78. The van der Waals surface area contributed by atoms with Gasteiger partial charge in [-0.2, -0.15) is 5.10 Å². The lowest BCUT2D eigenvalue weighted by Crippen LogP contribution is -2.22. The minimum Gasteiger partial charge on any atom is -0.396 e. The fourth-order valence-corrected chi connectivity index (χ4v) is 3.89. The summed E-state index contributed by atoms with van der Waals surface area (Å²) in [5, 5.41) is 4.22. The van der Waals surface area contributed by atoms with Crippen molar-refractivity contribution in [1.29, 1.82) is 0 Å². The number of aromatic nitrogens is 3. The Balaban J connectivity index is 1.96. The SMILES string of the molecule is Nc1cnc2c(C3CCS(=O)(=O)CC3)cnn2c1. The van der Waals surface area contributed by atoms with Crippen LogP contribution >= 0.6 is 0 Å². The van der Waals surface area contributed by atoms with E-state index in [-0.39, 0.29) is 17.4 Å². The first-order valence-electron chi connectivity index (χ1n) is 5.84. The van der Waals surface area contributed by atoms with Crippen LogP contribution in [0.2, 0.25) is 0 Å². The predicted molar refractivity (Wildman–Crippen MR) is 68.0 cm³/mol. The highest BCUT2D eigenvalue weighted by molar-refractivity contribution is 7.91. The van der Waals surface area contributed by atoms with Crippen molar-refractivity contribution in [3.8, 4) is 0 Å². The summed E-state index contributed by atoms with van der Waals surface area (Å²) in [7, 11) is -2.83. The van der Waals surface area contributed by atoms with E-state index in [4.69, 9.17) is 5.73 Å². The molecule has 0 spiro atoms. The molecule has 0 aliphatic carbocycles. The molecule has 3 rings (SSSR count). The summed E-state index contributed by atoms with van der Waals surface area (Å²) in [4.78, 5) is 4.28. The van der Waals surface area contributed by atoms with Crippen molar-refractivity contribution in [2.24, 2.45) is 0 Å². The first-order valence-corrected chi connectivity index (χ1v) is 7.66. The first-order chi connectivity index (χ1) is 8.55. The highest BCUT2D eigenvalue weighted by Crippen LogP contribution is 2.31. The van der Waals surface area contributed by atoms with Gasteiger partial charge in [0.05, 0.1) is 35.8 Å². The van der Waals surface area contributed by atoms with Crippen LogP contribution in [0.1, 0.15) is 24.3 Å². The van der Waals surface area contributed by atoms with E-state index in [2.05, 4.69) is 10.1 Å². The van der Waals surface area contributed by atoms with Crippen molar-refractivity contribution in [2.75, 3.05) is 17.2 Å². The molecule has 0 radical (unpaired) electrons. The van der Waals surface area contributed by atoms with Crippen molar-refractivity contribution in [1.82, 2.24) is 14.6 Å². The standard InChI is InChI=1S/C11H14N4O2S/c12-9-5-13-11-10(6-14-15(11)7-9)8-1-3-18(16,17)4-2-8/h5-8H,1-4,12H2. The van der Waals surface area contributed by atoms with Gasteiger partial charge in [-0.25, -0.2) is 17.9 Å². The Labute approximate surface area is 105 Å². The van der Waals surface area contributed by atoms with Gasteiger partial charge in [-0.3, -0.25) is 0 Å². The number of nitrogens with zero attached hydrogens (tertiary/aromatic N) is 3. The topological polar surface area (TPSA) is 90.3 Å². The quantitative estimate of drug-likeness (QED) is 0.816. The van der Waals surface area contributed by atoms with Gasteiger partial charge < -0.3 is 5.73 Å². The molecule has 0 unspecified atom stereocenters. The Morgan fingerprint density at radius 3 is 2.72 bits per heavy atom. The third-order valence-corrected chi connectivity index (χ3v) is 5.11. The van der Waals surface area contributed by atoms with Gasteiger partial charge >= 0.3 is 0 Å². The zero-order chi connectivity index (χ0) is 12.8. The van der Waals surface area contributed by atoms with Crippen molar-refractivity contribution >= 4 is 21.2 Å². The van der Waals surface area contributed by atoms with Crippen LogP contribution in [0.25, 0.3) is 5.65 Å². The Morgan fingerprint density at radius 2 is 2.00 bits per heavy atom. The van der Waals surface area contributed by atoms with Crippen LogP contribution in [0.3, 0.4) is 0 Å². The lowest BCUT2D eigenvalue weighted by Gasteiger charge is -2.20. The minimum atomic E-state index is -2.83. The average molecular weight is 266 g/mol. The van der Waals surface area contributed by atoms with Gasteiger partial charge in [-0.1, -0.05) is 0 Å². The molecule has 18 heavy (non-hydrogen) atoms. The Hall–Kier alpha value is -1.63. The Kier molecular flexibility index (Phi) is 2.51. The number of nitrogen functional groups attached to an aromatic ring is 1. The molecule has 3 heterocycles. The molecule has 0 aromatic carbocycles. The Morgan fingerprint density at radius 1 is 1.28 bits per heavy atom. The van der Waals surface area contributed by atoms with Gasteiger partial charge in [0.2, 0.25) is 0 Å². The van der Waals surface area contributed by atoms with Crippen LogP contribution in [0.15, 0.2) is 18.6 Å². The molecule has 0 amide bonds. The predicted octanol–water partition coefficient (Wildman–Crippen LogP) is 0.604. The minimum absolute atomic E-state index is 0.224. The highest BCUT2D eigenvalue weighted by atomic mass is 32.2. The van der Waals surface area contributed by atoms with Crippen molar-refractivity contribution < 1.29 is 8.42 Å². The third kappa shape index (κ3) is 1.94. The fraction of sp³-hybridized carbons (Fsp3) is 0.455. The number of anilines is 1. The third-order valence-electron chi connectivity index (χ3n) is 3.40. The number of hydrogen-bond acceptors (Lipinski definition) is 5. The molecular formula is C11H14N4O2S. The van der Waals surface area contributed by atoms with Crippen molar-refractivity contribution in [3.05, 3.63) is 24.2 Å². The number of nitrogens with two attached hydrogens (primary N) is 1. The van der Waals surface area contributed by atoms with Gasteiger partial charge in [0.15, 0.2) is 5.65 Å². The van der Waals surface area contributed by atoms with E-state index in [0.29, 0.717) is 18.5 Å². The van der Waals surface area contributed by atoms with Crippen LogP contribution in [0, 0.1) is 0 Å². The normalized spacial score (nSPS) is 20.2. The highest BCUT2D eigenvalue weighted by Gasteiger charge is 2.27. The van der Waals surface area contributed by atoms with Gasteiger partial charge in [0.25, 0.3) is 0 Å². The summed E-state index contributed by atoms with van der Waals surface area (Å²) < 4.78 is 24.5. The number of hydrogen-bond donors (Lipinski definition) is 1. The van der Waals surface area contributed by atoms with E-state index in [9.17, 15) is 8.42 Å². The molecule has 1 saturated heterocycles. The zero-order valence-corrected chi connectivity index (χ0v) is 10.6. The van der Waals surface area contributed by atoms with Crippen molar-refractivity contribution in [2.45, 2.75) is 18.8 Å². The average Bonchev–Trinajstić information content (AvgIpc) is 2.72. The molecule has 0 atom stereocenters. The van der Waals surface area contributed by atoms with Crippen LogP contribution in [0.4, 0.5) is 5.69 Å². The summed E-state index contributed by atoms with van der Waals surface area (Å²) in [6.45, 7) is 0. The van der Waals surface area contributed by atoms with E-state index >= 15 is 0 Å². The summed E-state index contributed by atoms with van der Waals surface area (Å²) in [6.07, 6.45) is 6.38. The first kappa shape index (κ1) is 11.5. The second-order valence-corrected chi connectivity index (χ2v) is 6.99. The van der Waals surface area contributed by atoms with E-state index in [0.717, 1.165) is 11.2 Å². The number of fused-ring (bicyclic) bond motifs is 1. The molecule has 7 heteroatoms. The molecule has 2 aromatic rings. The molecule has 1 fully saturated rings. The second-order valence-electron chi connectivity index (χ2n) is 4.68. The molecule has 1 aliphatic heterocycles. The molecule has 0 bridgehead atoms. The smallest absolute Gasteiger partial charge is 0.158 e. The largest absolute Gasteiger partial charge is 0.396 e. The maximum atomic E-state index is 11.4. The lowest BCUT2D eigenvalue weighted by atomic mass is 9.96. The van der Waals surface area contributed by atoms with E-state index in [1.54, 1.807) is 23.1 Å². The molecule has 1 aliphatic rings. The number of rotatable bonds is 1. The second kappa shape index (κ2) is 3.94. The molecule has 96 valence electrons. The van der Waals surface area contributed by atoms with Crippen molar-refractivity contribution in [3.63, 3.8) is 0 Å². The fourth-order valence-electron chi connectivity index (χ4n) is 2.40. The lowest BCUT2D eigenvalue weighted by molar-refractivity contribution is 0.551. The maximum absolute atomic E-state index is 11.4. The maximum Gasteiger partial charge on any atom is 0.158 e. The van der Waals surface area contributed by atoms with Gasteiger partial charge in [0, 0.05) is 5.56 Å². The molecule has 2 N–H and O–H groups in total. The van der Waals surface area contributed by atoms with Gasteiger partial charge in [0.1, 0.15) is 9.84 Å². The van der Waals surface area contributed by atoms with Crippen LogP contribution in [-0.2, 0) is 9.84 Å². The van der Waals surface area contributed by atoms with E-state index in [1.807, 2.05) is 0 Å². The molecule has 6 nitrogen and oxygen atoms in total. The molecule has 0 saturated carbocycles.